The minimum Gasteiger partial charge on any atom is -0.494 e. The fourth-order valence-corrected chi connectivity index (χ4v) is 3.22. The Morgan fingerprint density at radius 2 is 1.49 bits per heavy atom. The number of carbonyl (C=O) groups is 3. The first kappa shape index (κ1) is 25.3. The van der Waals surface area contributed by atoms with Crippen molar-refractivity contribution in [2.75, 3.05) is 18.5 Å². The molecule has 0 saturated carbocycles. The number of para-hydroxylation sites is 1. The number of ether oxygens (including phenoxy) is 3. The van der Waals surface area contributed by atoms with E-state index in [1.165, 1.54) is 12.1 Å². The Bertz CT molecular complexity index is 1140. The van der Waals surface area contributed by atoms with E-state index in [1.807, 2.05) is 43.3 Å². The van der Waals surface area contributed by atoms with Gasteiger partial charge in [-0.2, -0.15) is 0 Å². The summed E-state index contributed by atoms with van der Waals surface area (Å²) in [5, 5.41) is 5.76. The molecule has 8 heteroatoms. The van der Waals surface area contributed by atoms with Gasteiger partial charge in [-0.1, -0.05) is 30.3 Å². The van der Waals surface area contributed by atoms with Crippen molar-refractivity contribution in [2.45, 2.75) is 26.8 Å². The maximum atomic E-state index is 12.7. The molecule has 0 unspecified atom stereocenters. The maximum Gasteiger partial charge on any atom is 0.513 e. The molecule has 0 aliphatic rings. The van der Waals surface area contributed by atoms with E-state index in [9.17, 15) is 14.4 Å². The molecule has 0 fully saturated rings. The van der Waals surface area contributed by atoms with Crippen LogP contribution in [0.3, 0.4) is 0 Å². The molecule has 35 heavy (non-hydrogen) atoms. The first-order valence-electron chi connectivity index (χ1n) is 11.3. The second-order valence-corrected chi connectivity index (χ2v) is 7.45. The van der Waals surface area contributed by atoms with Gasteiger partial charge in [0, 0.05) is 17.8 Å². The molecule has 3 rings (SSSR count). The molecule has 0 spiro atoms. The lowest BCUT2D eigenvalue weighted by Crippen LogP contribution is -2.25. The summed E-state index contributed by atoms with van der Waals surface area (Å²) < 4.78 is 15.1. The highest BCUT2D eigenvalue weighted by Gasteiger charge is 2.12. The van der Waals surface area contributed by atoms with E-state index in [-0.39, 0.29) is 37.1 Å². The molecule has 2 amide bonds. The largest absolute Gasteiger partial charge is 0.513 e. The van der Waals surface area contributed by atoms with Crippen LogP contribution in [0.1, 0.15) is 35.3 Å². The Hall–Kier alpha value is -4.33. The second-order valence-electron chi connectivity index (χ2n) is 7.45. The number of hydrogen-bond acceptors (Lipinski definition) is 6. The molecule has 0 heterocycles. The van der Waals surface area contributed by atoms with E-state index in [4.69, 9.17) is 14.2 Å². The first-order valence-corrected chi connectivity index (χ1v) is 11.3. The Labute approximate surface area is 204 Å². The highest BCUT2D eigenvalue weighted by atomic mass is 16.7. The van der Waals surface area contributed by atoms with Crippen molar-refractivity contribution in [2.24, 2.45) is 0 Å². The third-order valence-electron chi connectivity index (χ3n) is 4.92. The third-order valence-corrected chi connectivity index (χ3v) is 4.92. The quantitative estimate of drug-likeness (QED) is 0.324. The fourth-order valence-electron chi connectivity index (χ4n) is 3.22. The predicted octanol–water partition coefficient (Wildman–Crippen LogP) is 4.73. The Balaban J connectivity index is 1.56. The van der Waals surface area contributed by atoms with Crippen molar-refractivity contribution in [3.63, 3.8) is 0 Å². The molecule has 0 aliphatic carbocycles. The average Bonchev–Trinajstić information content (AvgIpc) is 2.85. The summed E-state index contributed by atoms with van der Waals surface area (Å²) in [6, 6.07) is 20.8. The van der Waals surface area contributed by atoms with E-state index in [0.29, 0.717) is 17.9 Å². The van der Waals surface area contributed by atoms with Gasteiger partial charge in [0.25, 0.3) is 5.91 Å². The van der Waals surface area contributed by atoms with Crippen LogP contribution < -0.4 is 20.1 Å². The van der Waals surface area contributed by atoms with E-state index in [1.54, 1.807) is 31.2 Å². The van der Waals surface area contributed by atoms with Crippen LogP contribution in [0.25, 0.3) is 0 Å². The number of carbonyl (C=O) groups excluding carboxylic acids is 3. The van der Waals surface area contributed by atoms with Crippen molar-refractivity contribution < 1.29 is 28.6 Å². The van der Waals surface area contributed by atoms with E-state index in [0.717, 1.165) is 16.9 Å². The molecule has 0 aliphatic heterocycles. The summed E-state index contributed by atoms with van der Waals surface area (Å²) in [6.45, 7) is 4.66. The monoisotopic (exact) mass is 476 g/mol. The molecule has 0 bridgehead atoms. The van der Waals surface area contributed by atoms with Gasteiger partial charge in [0.05, 0.1) is 19.6 Å². The molecule has 0 atom stereocenters. The summed E-state index contributed by atoms with van der Waals surface area (Å²) in [6.07, 6.45) is -0.565. The zero-order chi connectivity index (χ0) is 25.0. The minimum absolute atomic E-state index is 0.132. The molecule has 0 saturated heterocycles. The SMILES string of the molecule is CCOC(=O)Oc1ccc(C(=O)Nc2ccccc2CNC(=O)Cc2ccc(OCC)cc2)cc1. The topological polar surface area (TPSA) is 103 Å². The van der Waals surface area contributed by atoms with Crippen LogP contribution in [0, 0.1) is 0 Å². The highest BCUT2D eigenvalue weighted by molar-refractivity contribution is 6.04. The van der Waals surface area contributed by atoms with Crippen LogP contribution in [-0.2, 0) is 22.5 Å². The summed E-state index contributed by atoms with van der Waals surface area (Å²) >= 11 is 0. The van der Waals surface area contributed by atoms with E-state index in [2.05, 4.69) is 10.6 Å². The van der Waals surface area contributed by atoms with Crippen molar-refractivity contribution in [3.8, 4) is 11.5 Å². The summed E-state index contributed by atoms with van der Waals surface area (Å²) in [7, 11) is 0. The van der Waals surface area contributed by atoms with Crippen molar-refractivity contribution in [1.82, 2.24) is 5.32 Å². The lowest BCUT2D eigenvalue weighted by molar-refractivity contribution is -0.120. The lowest BCUT2D eigenvalue weighted by atomic mass is 10.1. The number of rotatable bonds is 10. The standard InChI is InChI=1S/C27H28N2O6/c1-3-33-22-13-9-19(10-14-22)17-25(30)28-18-21-7-5-6-8-24(21)29-26(31)20-11-15-23(16-12-20)35-27(32)34-4-2/h5-16H,3-4,17-18H2,1-2H3,(H,28,30)(H,29,31). The van der Waals surface area contributed by atoms with Crippen LogP contribution >= 0.6 is 0 Å². The predicted molar refractivity (Wildman–Crippen MR) is 132 cm³/mol. The normalized spacial score (nSPS) is 10.2. The molecular weight excluding hydrogens is 448 g/mol. The molecule has 0 radical (unpaired) electrons. The molecule has 3 aromatic carbocycles. The van der Waals surface area contributed by atoms with Crippen LogP contribution in [0.2, 0.25) is 0 Å². The molecule has 182 valence electrons. The second kappa shape index (κ2) is 12.8. The van der Waals surface area contributed by atoms with Crippen molar-refractivity contribution >= 4 is 23.7 Å². The van der Waals surface area contributed by atoms with Gasteiger partial charge in [-0.3, -0.25) is 9.59 Å². The maximum absolute atomic E-state index is 12.7. The van der Waals surface area contributed by atoms with E-state index >= 15 is 0 Å². The first-order chi connectivity index (χ1) is 17.0. The van der Waals surface area contributed by atoms with Gasteiger partial charge in [-0.25, -0.2) is 4.79 Å². The van der Waals surface area contributed by atoms with Gasteiger partial charge in [-0.15, -0.1) is 0 Å². The molecule has 0 aromatic heterocycles. The Morgan fingerprint density at radius 1 is 0.800 bits per heavy atom. The number of benzene rings is 3. The number of amides is 2. The van der Waals surface area contributed by atoms with Gasteiger partial charge in [0.15, 0.2) is 0 Å². The Morgan fingerprint density at radius 3 is 2.17 bits per heavy atom. The van der Waals surface area contributed by atoms with Crippen LogP contribution in [0.4, 0.5) is 10.5 Å². The van der Waals surface area contributed by atoms with E-state index < -0.39 is 6.16 Å². The third kappa shape index (κ3) is 7.89. The number of nitrogens with one attached hydrogen (secondary N) is 2. The fraction of sp³-hybridized carbons (Fsp3) is 0.222. The lowest BCUT2D eigenvalue weighted by Gasteiger charge is -2.12. The zero-order valence-electron chi connectivity index (χ0n) is 19.7. The summed E-state index contributed by atoms with van der Waals surface area (Å²) in [5.74, 6) is 0.575. The average molecular weight is 477 g/mol. The van der Waals surface area contributed by atoms with Gasteiger partial charge >= 0.3 is 6.16 Å². The minimum atomic E-state index is -0.803. The van der Waals surface area contributed by atoms with Crippen LogP contribution in [0.5, 0.6) is 11.5 Å². The molecular formula is C27H28N2O6. The number of anilines is 1. The summed E-state index contributed by atoms with van der Waals surface area (Å²) in [4.78, 5) is 36.5. The summed E-state index contributed by atoms with van der Waals surface area (Å²) in [5.41, 5.74) is 2.62. The van der Waals surface area contributed by atoms with Gasteiger partial charge in [0.2, 0.25) is 5.91 Å². The zero-order valence-corrected chi connectivity index (χ0v) is 19.7. The molecule has 2 N–H and O–H groups in total. The highest BCUT2D eigenvalue weighted by Crippen LogP contribution is 2.18. The van der Waals surface area contributed by atoms with Crippen molar-refractivity contribution in [1.29, 1.82) is 0 Å². The van der Waals surface area contributed by atoms with Crippen molar-refractivity contribution in [3.05, 3.63) is 89.5 Å². The Kier molecular flexibility index (Phi) is 9.24. The van der Waals surface area contributed by atoms with Gasteiger partial charge < -0.3 is 24.8 Å². The molecule has 8 nitrogen and oxygen atoms in total. The molecule has 3 aromatic rings. The van der Waals surface area contributed by atoms with Crippen LogP contribution in [-0.4, -0.2) is 31.2 Å². The number of hydrogen-bond donors (Lipinski definition) is 2. The van der Waals surface area contributed by atoms with Crippen LogP contribution in [0.15, 0.2) is 72.8 Å². The van der Waals surface area contributed by atoms with Gasteiger partial charge in [-0.05, 0) is 67.4 Å². The smallest absolute Gasteiger partial charge is 0.494 e. The van der Waals surface area contributed by atoms with Gasteiger partial charge in [0.1, 0.15) is 11.5 Å².